The summed E-state index contributed by atoms with van der Waals surface area (Å²) >= 11 is 0. The Morgan fingerprint density at radius 2 is 2.04 bits per heavy atom. The minimum absolute atomic E-state index is 0.0350. The van der Waals surface area contributed by atoms with E-state index in [1.807, 2.05) is 17.9 Å². The van der Waals surface area contributed by atoms with Crippen LogP contribution in [-0.2, 0) is 16.1 Å². The summed E-state index contributed by atoms with van der Waals surface area (Å²) in [5.41, 5.74) is 1.29. The third-order valence-corrected chi connectivity index (χ3v) is 5.49. The van der Waals surface area contributed by atoms with Crippen LogP contribution in [0.4, 0.5) is 0 Å². The van der Waals surface area contributed by atoms with Gasteiger partial charge in [-0.05, 0) is 38.8 Å². The number of piperidine rings is 1. The van der Waals surface area contributed by atoms with E-state index in [0.29, 0.717) is 24.8 Å². The third kappa shape index (κ3) is 4.42. The van der Waals surface area contributed by atoms with E-state index in [1.165, 1.54) is 5.56 Å². The van der Waals surface area contributed by atoms with Crippen molar-refractivity contribution in [2.24, 2.45) is 5.92 Å². The molecule has 3 heterocycles. The Labute approximate surface area is 165 Å². The number of carbonyl (C=O) groups is 1. The van der Waals surface area contributed by atoms with Gasteiger partial charge in [-0.2, -0.15) is 4.98 Å². The minimum Gasteiger partial charge on any atom is -0.362 e. The summed E-state index contributed by atoms with van der Waals surface area (Å²) in [7, 11) is 0. The molecule has 4 rings (SSSR count). The molecule has 7 nitrogen and oxygen atoms in total. The molecule has 2 fully saturated rings. The van der Waals surface area contributed by atoms with Crippen molar-refractivity contribution in [2.75, 3.05) is 26.2 Å². The highest BCUT2D eigenvalue weighted by atomic mass is 16.5. The molecule has 2 aliphatic rings. The number of aromatic nitrogens is 2. The number of likely N-dealkylation sites (tertiary alicyclic amines) is 1. The van der Waals surface area contributed by atoms with E-state index in [0.717, 1.165) is 32.5 Å². The molecular formula is C21H28N4O3. The van der Waals surface area contributed by atoms with Crippen LogP contribution in [0.25, 0.3) is 0 Å². The van der Waals surface area contributed by atoms with E-state index in [-0.39, 0.29) is 24.0 Å². The Kier molecular flexibility index (Phi) is 5.73. The number of ether oxygens (including phenoxy) is 1. The first-order valence-corrected chi connectivity index (χ1v) is 10.1. The van der Waals surface area contributed by atoms with E-state index in [4.69, 9.17) is 9.26 Å². The molecule has 1 amide bonds. The number of aryl methyl sites for hydroxylation is 1. The molecule has 1 aromatic carbocycles. The highest BCUT2D eigenvalue weighted by Crippen LogP contribution is 2.27. The molecule has 0 N–H and O–H groups in total. The van der Waals surface area contributed by atoms with Crippen LogP contribution in [0.15, 0.2) is 34.9 Å². The van der Waals surface area contributed by atoms with Crippen LogP contribution < -0.4 is 0 Å². The van der Waals surface area contributed by atoms with Crippen molar-refractivity contribution in [3.8, 4) is 0 Å². The van der Waals surface area contributed by atoms with Crippen molar-refractivity contribution in [1.29, 1.82) is 0 Å². The third-order valence-electron chi connectivity index (χ3n) is 5.49. The van der Waals surface area contributed by atoms with Gasteiger partial charge in [-0.1, -0.05) is 35.5 Å². The molecule has 28 heavy (non-hydrogen) atoms. The lowest BCUT2D eigenvalue weighted by atomic mass is 9.95. The van der Waals surface area contributed by atoms with Crippen LogP contribution in [0, 0.1) is 12.8 Å². The molecule has 1 aromatic heterocycles. The van der Waals surface area contributed by atoms with Gasteiger partial charge in [-0.3, -0.25) is 9.69 Å². The highest BCUT2D eigenvalue weighted by molar-refractivity contribution is 5.79. The fraction of sp³-hybridized carbons (Fsp3) is 0.571. The second-order valence-corrected chi connectivity index (χ2v) is 7.92. The quantitative estimate of drug-likeness (QED) is 0.807. The van der Waals surface area contributed by atoms with Crippen LogP contribution in [-0.4, -0.2) is 58.1 Å². The Morgan fingerprint density at radius 3 is 2.79 bits per heavy atom. The summed E-state index contributed by atoms with van der Waals surface area (Å²) in [4.78, 5) is 21.9. The summed E-state index contributed by atoms with van der Waals surface area (Å²) in [6, 6.07) is 10.5. The molecule has 2 saturated heterocycles. The summed E-state index contributed by atoms with van der Waals surface area (Å²) in [6.07, 6.45) is 1.59. The lowest BCUT2D eigenvalue weighted by Crippen LogP contribution is -2.51. The number of nitrogens with zero attached hydrogens (tertiary/aromatic N) is 4. The SMILES string of the molecule is Cc1noc([C@H]2CN(C(=O)C3CCCN(Cc4ccccc4)C3)C[C@@H](C)O2)n1. The van der Waals surface area contributed by atoms with E-state index in [1.54, 1.807) is 6.92 Å². The molecule has 3 atom stereocenters. The van der Waals surface area contributed by atoms with Gasteiger partial charge >= 0.3 is 0 Å². The number of benzene rings is 1. The zero-order chi connectivity index (χ0) is 19.5. The number of carbonyl (C=O) groups excluding carboxylic acids is 1. The lowest BCUT2D eigenvalue weighted by molar-refractivity contribution is -0.152. The number of morpholine rings is 1. The molecule has 7 heteroatoms. The first kappa shape index (κ1) is 19.1. The van der Waals surface area contributed by atoms with Crippen molar-refractivity contribution in [3.63, 3.8) is 0 Å². The van der Waals surface area contributed by atoms with Crippen molar-refractivity contribution in [1.82, 2.24) is 19.9 Å². The molecule has 150 valence electrons. The van der Waals surface area contributed by atoms with Gasteiger partial charge in [-0.15, -0.1) is 0 Å². The van der Waals surface area contributed by atoms with E-state index >= 15 is 0 Å². The molecule has 0 spiro atoms. The monoisotopic (exact) mass is 384 g/mol. The molecule has 2 aliphatic heterocycles. The molecule has 0 aliphatic carbocycles. The average molecular weight is 384 g/mol. The molecule has 0 radical (unpaired) electrons. The summed E-state index contributed by atoms with van der Waals surface area (Å²) in [5.74, 6) is 1.29. The maximum atomic E-state index is 13.3. The van der Waals surface area contributed by atoms with E-state index < -0.39 is 0 Å². The first-order chi connectivity index (χ1) is 13.6. The smallest absolute Gasteiger partial charge is 0.257 e. The van der Waals surface area contributed by atoms with Crippen LogP contribution in [0.5, 0.6) is 0 Å². The van der Waals surface area contributed by atoms with Crippen LogP contribution >= 0.6 is 0 Å². The van der Waals surface area contributed by atoms with Crippen molar-refractivity contribution in [3.05, 3.63) is 47.6 Å². The maximum absolute atomic E-state index is 13.3. The zero-order valence-electron chi connectivity index (χ0n) is 16.6. The second kappa shape index (κ2) is 8.41. The van der Waals surface area contributed by atoms with Crippen LogP contribution in [0.2, 0.25) is 0 Å². The van der Waals surface area contributed by atoms with E-state index in [2.05, 4.69) is 39.3 Å². The zero-order valence-corrected chi connectivity index (χ0v) is 16.6. The van der Waals surface area contributed by atoms with Gasteiger partial charge in [0.1, 0.15) is 0 Å². The average Bonchev–Trinajstić information content (AvgIpc) is 3.14. The largest absolute Gasteiger partial charge is 0.362 e. The Hall–Kier alpha value is -2.25. The fourth-order valence-corrected chi connectivity index (χ4v) is 4.21. The van der Waals surface area contributed by atoms with Gasteiger partial charge in [-0.25, -0.2) is 0 Å². The standard InChI is InChI=1S/C21H28N4O3/c1-15-11-25(14-19(27-15)20-22-16(2)23-28-20)21(26)18-9-6-10-24(13-18)12-17-7-4-3-5-8-17/h3-5,7-8,15,18-19H,6,9-14H2,1-2H3/t15-,18?,19-/m1/s1. The van der Waals surface area contributed by atoms with Gasteiger partial charge < -0.3 is 14.2 Å². The molecule has 2 aromatic rings. The van der Waals surface area contributed by atoms with Crippen LogP contribution in [0.3, 0.4) is 0 Å². The van der Waals surface area contributed by atoms with Gasteiger partial charge in [0.2, 0.25) is 5.91 Å². The number of hydrogen-bond acceptors (Lipinski definition) is 6. The molecule has 0 saturated carbocycles. The predicted octanol–water partition coefficient (Wildman–Crippen LogP) is 2.58. The van der Waals surface area contributed by atoms with Gasteiger partial charge in [0.15, 0.2) is 11.9 Å². The molecule has 1 unspecified atom stereocenters. The van der Waals surface area contributed by atoms with Crippen molar-refractivity contribution >= 4 is 5.91 Å². The first-order valence-electron chi connectivity index (χ1n) is 10.1. The van der Waals surface area contributed by atoms with Gasteiger partial charge in [0.05, 0.1) is 18.6 Å². The van der Waals surface area contributed by atoms with Gasteiger partial charge in [0, 0.05) is 19.6 Å². The minimum atomic E-state index is -0.349. The Bertz CT molecular complexity index is 794. The highest BCUT2D eigenvalue weighted by Gasteiger charge is 2.36. The second-order valence-electron chi connectivity index (χ2n) is 7.92. The van der Waals surface area contributed by atoms with E-state index in [9.17, 15) is 4.79 Å². The lowest BCUT2D eigenvalue weighted by Gasteiger charge is -2.39. The molecule has 0 bridgehead atoms. The Balaban J connectivity index is 1.39. The van der Waals surface area contributed by atoms with Crippen molar-refractivity contribution in [2.45, 2.75) is 45.4 Å². The number of amides is 1. The summed E-state index contributed by atoms with van der Waals surface area (Å²) < 4.78 is 11.2. The Morgan fingerprint density at radius 1 is 1.21 bits per heavy atom. The van der Waals surface area contributed by atoms with Crippen LogP contribution in [0.1, 0.15) is 43.1 Å². The van der Waals surface area contributed by atoms with Crippen molar-refractivity contribution < 1.29 is 14.1 Å². The summed E-state index contributed by atoms with van der Waals surface area (Å²) in [6.45, 7) is 7.60. The molecular weight excluding hydrogens is 356 g/mol. The topological polar surface area (TPSA) is 71.7 Å². The number of rotatable bonds is 4. The fourth-order valence-electron chi connectivity index (χ4n) is 4.21. The normalized spacial score (nSPS) is 26.4. The predicted molar refractivity (Wildman–Crippen MR) is 103 cm³/mol. The maximum Gasteiger partial charge on any atom is 0.257 e. The summed E-state index contributed by atoms with van der Waals surface area (Å²) in [5, 5.41) is 3.85. The van der Waals surface area contributed by atoms with Gasteiger partial charge in [0.25, 0.3) is 5.89 Å². The number of hydrogen-bond donors (Lipinski definition) is 0.